The van der Waals surface area contributed by atoms with Gasteiger partial charge >= 0.3 is 0 Å². The van der Waals surface area contributed by atoms with Gasteiger partial charge in [-0.15, -0.1) is 22.7 Å². The first-order valence-corrected chi connectivity index (χ1v) is 9.34. The van der Waals surface area contributed by atoms with E-state index in [4.69, 9.17) is 0 Å². The first-order chi connectivity index (χ1) is 11.3. The second kappa shape index (κ2) is 6.25. The van der Waals surface area contributed by atoms with Gasteiger partial charge < -0.3 is 10.2 Å². The van der Waals surface area contributed by atoms with Gasteiger partial charge in [0.2, 0.25) is 5.91 Å². The number of nitrogens with zero attached hydrogens (tertiary/aromatic N) is 3. The molecule has 1 saturated heterocycles. The van der Waals surface area contributed by atoms with Crippen molar-refractivity contribution < 1.29 is 4.79 Å². The number of carbonyl (C=O) groups excluding carboxylic acids is 1. The number of rotatable bonds is 4. The number of hydrogen-bond acceptors (Lipinski definition) is 6. The molecule has 1 aliphatic heterocycles. The number of aromatic nitrogens is 2. The maximum atomic E-state index is 12.6. The highest BCUT2D eigenvalue weighted by Crippen LogP contribution is 2.31. The molecule has 4 heterocycles. The zero-order valence-electron chi connectivity index (χ0n) is 12.4. The molecule has 118 valence electrons. The number of amides is 1. The summed E-state index contributed by atoms with van der Waals surface area (Å²) >= 11 is 3.26. The lowest BCUT2D eigenvalue weighted by molar-refractivity contribution is -0.122. The molecule has 1 amide bonds. The van der Waals surface area contributed by atoms with Gasteiger partial charge in [-0.25, -0.2) is 9.97 Å². The van der Waals surface area contributed by atoms with Crippen molar-refractivity contribution in [2.24, 2.45) is 0 Å². The molecule has 1 unspecified atom stereocenters. The van der Waals surface area contributed by atoms with Crippen LogP contribution in [0.25, 0.3) is 10.2 Å². The van der Waals surface area contributed by atoms with Gasteiger partial charge in [-0.05, 0) is 35.7 Å². The van der Waals surface area contributed by atoms with Gasteiger partial charge in [0.15, 0.2) is 0 Å². The van der Waals surface area contributed by atoms with Crippen LogP contribution in [-0.4, -0.2) is 28.5 Å². The highest BCUT2D eigenvalue weighted by atomic mass is 32.1. The van der Waals surface area contributed by atoms with Crippen molar-refractivity contribution in [1.82, 2.24) is 15.3 Å². The molecule has 0 aromatic carbocycles. The molecule has 7 heteroatoms. The van der Waals surface area contributed by atoms with Crippen LogP contribution in [0.15, 0.2) is 35.3 Å². The van der Waals surface area contributed by atoms with Crippen LogP contribution < -0.4 is 10.2 Å². The van der Waals surface area contributed by atoms with Gasteiger partial charge in [0.25, 0.3) is 0 Å². The van der Waals surface area contributed by atoms with E-state index in [0.29, 0.717) is 6.54 Å². The van der Waals surface area contributed by atoms with Crippen molar-refractivity contribution in [2.75, 3.05) is 11.4 Å². The summed E-state index contributed by atoms with van der Waals surface area (Å²) in [5, 5.41) is 8.14. The van der Waals surface area contributed by atoms with Crippen LogP contribution in [0.1, 0.15) is 17.7 Å². The van der Waals surface area contributed by atoms with E-state index in [-0.39, 0.29) is 11.9 Å². The molecular weight excluding hydrogens is 328 g/mol. The zero-order chi connectivity index (χ0) is 15.6. The number of fused-ring (bicyclic) bond motifs is 1. The summed E-state index contributed by atoms with van der Waals surface area (Å²) in [5.41, 5.74) is 0. The molecule has 0 aliphatic carbocycles. The number of anilines is 1. The Morgan fingerprint density at radius 2 is 2.26 bits per heavy atom. The molecule has 0 bridgehead atoms. The van der Waals surface area contributed by atoms with Crippen LogP contribution in [0.3, 0.4) is 0 Å². The molecule has 0 saturated carbocycles. The SMILES string of the molecule is O=C(NCc1cccs1)C1CCCN1c1ncnc2sccc12. The first-order valence-electron chi connectivity index (χ1n) is 7.58. The average Bonchev–Trinajstić information content (AvgIpc) is 3.32. The Morgan fingerprint density at radius 1 is 1.30 bits per heavy atom. The summed E-state index contributed by atoms with van der Waals surface area (Å²) in [6, 6.07) is 5.93. The Morgan fingerprint density at radius 3 is 3.13 bits per heavy atom. The topological polar surface area (TPSA) is 58.1 Å². The van der Waals surface area contributed by atoms with Crippen LogP contribution in [-0.2, 0) is 11.3 Å². The minimum Gasteiger partial charge on any atom is -0.349 e. The Balaban J connectivity index is 1.54. The standard InChI is InChI=1S/C16H16N4OS2/c21-15(17-9-11-3-2-7-22-11)13-4-1-6-20(13)14-12-5-8-23-16(12)19-10-18-14/h2-3,5,7-8,10,13H,1,4,6,9H2,(H,17,21). The van der Waals surface area contributed by atoms with Crippen molar-refractivity contribution >= 4 is 44.6 Å². The summed E-state index contributed by atoms with van der Waals surface area (Å²) in [4.78, 5) is 25.6. The fourth-order valence-electron chi connectivity index (χ4n) is 3.00. The molecule has 1 atom stereocenters. The van der Waals surface area contributed by atoms with Gasteiger partial charge in [-0.1, -0.05) is 6.07 Å². The molecule has 23 heavy (non-hydrogen) atoms. The maximum absolute atomic E-state index is 12.6. The van der Waals surface area contributed by atoms with Gasteiger partial charge in [0, 0.05) is 11.4 Å². The van der Waals surface area contributed by atoms with Crippen LogP contribution >= 0.6 is 22.7 Å². The molecular formula is C16H16N4OS2. The average molecular weight is 344 g/mol. The zero-order valence-corrected chi connectivity index (χ0v) is 14.1. The van der Waals surface area contributed by atoms with Crippen LogP contribution in [0.5, 0.6) is 0 Å². The quantitative estimate of drug-likeness (QED) is 0.790. The maximum Gasteiger partial charge on any atom is 0.243 e. The molecule has 5 nitrogen and oxygen atoms in total. The largest absolute Gasteiger partial charge is 0.349 e. The lowest BCUT2D eigenvalue weighted by atomic mass is 10.2. The van der Waals surface area contributed by atoms with E-state index in [0.717, 1.165) is 35.4 Å². The molecule has 4 rings (SSSR count). The first kappa shape index (κ1) is 14.6. The molecule has 3 aromatic rings. The van der Waals surface area contributed by atoms with Gasteiger partial charge in [-0.2, -0.15) is 0 Å². The van der Waals surface area contributed by atoms with Crippen molar-refractivity contribution in [3.8, 4) is 0 Å². The van der Waals surface area contributed by atoms with E-state index < -0.39 is 0 Å². The fraction of sp³-hybridized carbons (Fsp3) is 0.312. The summed E-state index contributed by atoms with van der Waals surface area (Å²) in [5.74, 6) is 0.961. The van der Waals surface area contributed by atoms with Crippen molar-refractivity contribution in [3.63, 3.8) is 0 Å². The third-order valence-electron chi connectivity index (χ3n) is 4.09. The van der Waals surface area contributed by atoms with Crippen LogP contribution in [0.2, 0.25) is 0 Å². The predicted molar refractivity (Wildman–Crippen MR) is 93.9 cm³/mol. The van der Waals surface area contributed by atoms with E-state index in [9.17, 15) is 4.79 Å². The highest BCUT2D eigenvalue weighted by Gasteiger charge is 2.32. The van der Waals surface area contributed by atoms with Gasteiger partial charge in [0.05, 0.1) is 11.9 Å². The lowest BCUT2D eigenvalue weighted by Crippen LogP contribution is -2.43. The van der Waals surface area contributed by atoms with Crippen molar-refractivity contribution in [3.05, 3.63) is 40.2 Å². The van der Waals surface area contributed by atoms with E-state index in [1.807, 2.05) is 29.0 Å². The third kappa shape index (κ3) is 2.82. The summed E-state index contributed by atoms with van der Waals surface area (Å²) in [6.45, 7) is 1.46. The van der Waals surface area contributed by atoms with E-state index in [1.54, 1.807) is 29.0 Å². The fourth-order valence-corrected chi connectivity index (χ4v) is 4.38. The summed E-state index contributed by atoms with van der Waals surface area (Å²) in [7, 11) is 0. The summed E-state index contributed by atoms with van der Waals surface area (Å²) < 4.78 is 0. The molecule has 3 aromatic heterocycles. The second-order valence-corrected chi connectivity index (χ2v) is 7.41. The molecule has 1 N–H and O–H groups in total. The number of nitrogens with one attached hydrogen (secondary N) is 1. The van der Waals surface area contributed by atoms with Gasteiger partial charge in [-0.3, -0.25) is 4.79 Å². The van der Waals surface area contributed by atoms with Crippen LogP contribution in [0.4, 0.5) is 5.82 Å². The predicted octanol–water partition coefficient (Wildman–Crippen LogP) is 3.04. The third-order valence-corrected chi connectivity index (χ3v) is 5.78. The van der Waals surface area contributed by atoms with Crippen molar-refractivity contribution in [1.29, 1.82) is 0 Å². The minimum absolute atomic E-state index is 0.0814. The smallest absolute Gasteiger partial charge is 0.243 e. The Kier molecular flexibility index (Phi) is 3.97. The minimum atomic E-state index is -0.145. The Hall–Kier alpha value is -1.99. The van der Waals surface area contributed by atoms with Crippen LogP contribution in [0, 0.1) is 0 Å². The molecule has 1 aliphatic rings. The number of thiophene rings is 2. The Labute approximate surface area is 142 Å². The number of carbonyl (C=O) groups is 1. The van der Waals surface area contributed by atoms with Crippen molar-refractivity contribution in [2.45, 2.75) is 25.4 Å². The molecule has 0 radical (unpaired) electrons. The Bertz CT molecular complexity index is 814. The lowest BCUT2D eigenvalue weighted by Gasteiger charge is -2.25. The monoisotopic (exact) mass is 344 g/mol. The highest BCUT2D eigenvalue weighted by molar-refractivity contribution is 7.16. The number of hydrogen-bond donors (Lipinski definition) is 1. The summed E-state index contributed by atoms with van der Waals surface area (Å²) in [6.07, 6.45) is 3.46. The van der Waals surface area contributed by atoms with E-state index in [2.05, 4.69) is 20.2 Å². The van der Waals surface area contributed by atoms with Gasteiger partial charge in [0.1, 0.15) is 23.0 Å². The molecule has 1 fully saturated rings. The molecule has 0 spiro atoms. The normalized spacial score (nSPS) is 17.7. The second-order valence-electron chi connectivity index (χ2n) is 5.49. The van der Waals surface area contributed by atoms with E-state index in [1.165, 1.54) is 4.88 Å². The van der Waals surface area contributed by atoms with E-state index >= 15 is 0 Å².